The van der Waals surface area contributed by atoms with Crippen molar-refractivity contribution in [3.8, 4) is 0 Å². The monoisotopic (exact) mass is 363 g/mol. The van der Waals surface area contributed by atoms with Crippen LogP contribution in [0, 0.1) is 0 Å². The summed E-state index contributed by atoms with van der Waals surface area (Å²) in [5.41, 5.74) is 0.322. The SMILES string of the molecule is C[C@@]1(C(=O)Nc2ccc(SC(F)F)cc2)Cc2ccccc2C(=O)O1. The van der Waals surface area contributed by atoms with Crippen LogP contribution >= 0.6 is 11.8 Å². The Morgan fingerprint density at radius 3 is 2.56 bits per heavy atom. The molecule has 0 fully saturated rings. The van der Waals surface area contributed by atoms with E-state index in [1.807, 2.05) is 0 Å². The number of rotatable bonds is 4. The molecule has 0 saturated carbocycles. The van der Waals surface area contributed by atoms with Gasteiger partial charge in [0.15, 0.2) is 5.60 Å². The summed E-state index contributed by atoms with van der Waals surface area (Å²) in [6.07, 6.45) is 0.264. The van der Waals surface area contributed by atoms with Crippen LogP contribution in [0.4, 0.5) is 14.5 Å². The lowest BCUT2D eigenvalue weighted by Gasteiger charge is -2.33. The van der Waals surface area contributed by atoms with E-state index in [9.17, 15) is 18.4 Å². The number of anilines is 1. The molecule has 0 unspecified atom stereocenters. The number of cyclic esters (lactones) is 1. The van der Waals surface area contributed by atoms with E-state index in [0.29, 0.717) is 27.9 Å². The molecule has 25 heavy (non-hydrogen) atoms. The molecule has 0 radical (unpaired) electrons. The van der Waals surface area contributed by atoms with Crippen LogP contribution in [0.5, 0.6) is 0 Å². The molecule has 130 valence electrons. The Kier molecular flexibility index (Phi) is 4.76. The van der Waals surface area contributed by atoms with E-state index >= 15 is 0 Å². The van der Waals surface area contributed by atoms with Crippen molar-refractivity contribution >= 4 is 29.3 Å². The van der Waals surface area contributed by atoms with Crippen molar-refractivity contribution in [1.29, 1.82) is 0 Å². The molecule has 1 atom stereocenters. The molecule has 0 bridgehead atoms. The molecule has 0 aliphatic carbocycles. The highest BCUT2D eigenvalue weighted by molar-refractivity contribution is 7.99. The predicted octanol–water partition coefficient (Wildman–Crippen LogP) is 4.11. The zero-order valence-corrected chi connectivity index (χ0v) is 14.1. The molecule has 0 spiro atoms. The van der Waals surface area contributed by atoms with Crippen molar-refractivity contribution in [2.24, 2.45) is 0 Å². The maximum absolute atomic E-state index is 12.6. The molecular weight excluding hydrogens is 348 g/mol. The smallest absolute Gasteiger partial charge is 0.339 e. The number of hydrogen-bond donors (Lipinski definition) is 1. The van der Waals surface area contributed by atoms with Gasteiger partial charge in [0.05, 0.1) is 5.56 Å². The summed E-state index contributed by atoms with van der Waals surface area (Å²) < 4.78 is 30.0. The lowest BCUT2D eigenvalue weighted by molar-refractivity contribution is -0.134. The summed E-state index contributed by atoms with van der Waals surface area (Å²) in [5, 5.41) is 2.67. The second-order valence-corrected chi connectivity index (χ2v) is 6.87. The molecule has 1 aliphatic heterocycles. The van der Waals surface area contributed by atoms with Gasteiger partial charge < -0.3 is 10.1 Å². The topological polar surface area (TPSA) is 55.4 Å². The van der Waals surface area contributed by atoms with Crippen LogP contribution in [0.2, 0.25) is 0 Å². The van der Waals surface area contributed by atoms with Gasteiger partial charge >= 0.3 is 5.97 Å². The van der Waals surface area contributed by atoms with Crippen molar-refractivity contribution in [1.82, 2.24) is 0 Å². The molecule has 2 aromatic carbocycles. The van der Waals surface area contributed by atoms with Crippen molar-refractivity contribution < 1.29 is 23.1 Å². The first-order valence-electron chi connectivity index (χ1n) is 7.55. The summed E-state index contributed by atoms with van der Waals surface area (Å²) in [6, 6.07) is 13.0. The lowest BCUT2D eigenvalue weighted by atomic mass is 9.89. The minimum atomic E-state index is -2.50. The molecule has 3 rings (SSSR count). The molecule has 0 aromatic heterocycles. The number of nitrogens with one attached hydrogen (secondary N) is 1. The lowest BCUT2D eigenvalue weighted by Crippen LogP contribution is -2.48. The molecule has 1 heterocycles. The molecule has 1 aliphatic rings. The molecule has 1 amide bonds. The van der Waals surface area contributed by atoms with Gasteiger partial charge in [-0.05, 0) is 42.8 Å². The minimum absolute atomic E-state index is 0.264. The van der Waals surface area contributed by atoms with E-state index in [-0.39, 0.29) is 6.42 Å². The van der Waals surface area contributed by atoms with Crippen LogP contribution in [0.3, 0.4) is 0 Å². The third-order valence-electron chi connectivity index (χ3n) is 3.90. The number of carbonyl (C=O) groups is 2. The Labute approximate surface area is 147 Å². The normalized spacial score (nSPS) is 19.3. The highest BCUT2D eigenvalue weighted by atomic mass is 32.2. The van der Waals surface area contributed by atoms with E-state index in [4.69, 9.17) is 4.74 Å². The Bertz CT molecular complexity index is 810. The summed E-state index contributed by atoms with van der Waals surface area (Å²) >= 11 is 0.431. The Hall–Kier alpha value is -2.41. The van der Waals surface area contributed by atoms with Gasteiger partial charge in [-0.1, -0.05) is 30.0 Å². The quantitative estimate of drug-likeness (QED) is 0.656. The number of fused-ring (bicyclic) bond motifs is 1. The maximum Gasteiger partial charge on any atom is 0.339 e. The van der Waals surface area contributed by atoms with Gasteiger partial charge in [0, 0.05) is 17.0 Å². The zero-order chi connectivity index (χ0) is 18.0. The van der Waals surface area contributed by atoms with E-state index < -0.39 is 23.2 Å². The molecule has 2 aromatic rings. The average molecular weight is 363 g/mol. The second kappa shape index (κ2) is 6.84. The minimum Gasteiger partial charge on any atom is -0.445 e. The highest BCUT2D eigenvalue weighted by Crippen LogP contribution is 2.30. The van der Waals surface area contributed by atoms with Crippen LogP contribution in [0.25, 0.3) is 0 Å². The number of esters is 1. The molecule has 7 heteroatoms. The number of carbonyl (C=O) groups excluding carboxylic acids is 2. The van der Waals surface area contributed by atoms with Crippen LogP contribution in [-0.2, 0) is 16.0 Å². The van der Waals surface area contributed by atoms with E-state index in [0.717, 1.165) is 5.56 Å². The maximum atomic E-state index is 12.6. The number of thioether (sulfide) groups is 1. The van der Waals surface area contributed by atoms with Crippen LogP contribution in [0.1, 0.15) is 22.8 Å². The average Bonchev–Trinajstić information content (AvgIpc) is 2.56. The highest BCUT2D eigenvalue weighted by Gasteiger charge is 2.42. The number of alkyl halides is 2. The van der Waals surface area contributed by atoms with Gasteiger partial charge in [0.25, 0.3) is 11.7 Å². The molecular formula is C18H15F2NO3S. The Morgan fingerprint density at radius 2 is 1.88 bits per heavy atom. The van der Waals surface area contributed by atoms with Crippen molar-refractivity contribution in [3.05, 3.63) is 59.7 Å². The largest absolute Gasteiger partial charge is 0.445 e. The summed E-state index contributed by atoms with van der Waals surface area (Å²) in [7, 11) is 0. The molecule has 0 saturated heterocycles. The van der Waals surface area contributed by atoms with Gasteiger partial charge in [-0.3, -0.25) is 4.79 Å². The first kappa shape index (κ1) is 17.4. The third-order valence-corrected chi connectivity index (χ3v) is 4.62. The zero-order valence-electron chi connectivity index (χ0n) is 13.3. The number of hydrogen-bond acceptors (Lipinski definition) is 4. The second-order valence-electron chi connectivity index (χ2n) is 5.81. The van der Waals surface area contributed by atoms with Gasteiger partial charge in [-0.25, -0.2) is 4.79 Å². The fraction of sp³-hybridized carbons (Fsp3) is 0.222. The van der Waals surface area contributed by atoms with Crippen LogP contribution < -0.4 is 5.32 Å². The first-order valence-corrected chi connectivity index (χ1v) is 8.43. The third kappa shape index (κ3) is 3.82. The fourth-order valence-electron chi connectivity index (χ4n) is 2.64. The van der Waals surface area contributed by atoms with Gasteiger partial charge in [-0.15, -0.1) is 0 Å². The molecule has 4 nitrogen and oxygen atoms in total. The fourth-order valence-corrected chi connectivity index (χ4v) is 3.14. The van der Waals surface area contributed by atoms with E-state index in [1.165, 1.54) is 24.3 Å². The van der Waals surface area contributed by atoms with Crippen molar-refractivity contribution in [2.45, 2.75) is 29.6 Å². The van der Waals surface area contributed by atoms with Crippen molar-refractivity contribution in [2.75, 3.05) is 5.32 Å². The number of benzene rings is 2. The number of amides is 1. The standard InChI is InChI=1S/C18H15F2NO3S/c1-18(10-11-4-2-3-5-14(11)15(22)24-18)16(23)21-12-6-8-13(9-7-12)25-17(19)20/h2-9,17H,10H2,1H3,(H,21,23)/t18-/m0/s1. The van der Waals surface area contributed by atoms with E-state index in [1.54, 1.807) is 31.2 Å². The van der Waals surface area contributed by atoms with Gasteiger partial charge in [0.1, 0.15) is 0 Å². The van der Waals surface area contributed by atoms with E-state index in [2.05, 4.69) is 5.32 Å². The Morgan fingerprint density at radius 1 is 1.20 bits per heavy atom. The molecule has 1 N–H and O–H groups in total. The summed E-state index contributed by atoms with van der Waals surface area (Å²) in [4.78, 5) is 25.1. The van der Waals surface area contributed by atoms with Gasteiger partial charge in [-0.2, -0.15) is 8.78 Å². The summed E-state index contributed by atoms with van der Waals surface area (Å²) in [6.45, 7) is 1.55. The predicted molar refractivity (Wildman–Crippen MR) is 90.9 cm³/mol. The van der Waals surface area contributed by atoms with Crippen molar-refractivity contribution in [3.63, 3.8) is 0 Å². The number of ether oxygens (including phenoxy) is 1. The van der Waals surface area contributed by atoms with Crippen LogP contribution in [-0.4, -0.2) is 23.2 Å². The van der Waals surface area contributed by atoms with Gasteiger partial charge in [0.2, 0.25) is 0 Å². The Balaban J connectivity index is 1.74. The van der Waals surface area contributed by atoms with Crippen LogP contribution in [0.15, 0.2) is 53.4 Å². The first-order chi connectivity index (χ1) is 11.9. The number of halogens is 2. The summed E-state index contributed by atoms with van der Waals surface area (Å²) in [5.74, 6) is -3.51.